The summed E-state index contributed by atoms with van der Waals surface area (Å²) in [5.41, 5.74) is 2.81. The lowest BCUT2D eigenvalue weighted by Gasteiger charge is -2.29. The molecule has 1 amide bonds. The third-order valence-corrected chi connectivity index (χ3v) is 5.29. The Labute approximate surface area is 163 Å². The van der Waals surface area contributed by atoms with Crippen LogP contribution < -0.4 is 4.74 Å². The van der Waals surface area contributed by atoms with Crippen molar-refractivity contribution in [1.29, 1.82) is 0 Å². The first-order valence-electron chi connectivity index (χ1n) is 9.59. The number of benzene rings is 2. The highest BCUT2D eigenvalue weighted by Gasteiger charge is 2.23. The lowest BCUT2D eigenvalue weighted by molar-refractivity contribution is 0.0676. The van der Waals surface area contributed by atoms with E-state index in [-0.39, 0.29) is 17.6 Å². The zero-order chi connectivity index (χ0) is 19.5. The quantitative estimate of drug-likeness (QED) is 0.861. The van der Waals surface area contributed by atoms with Gasteiger partial charge in [0.1, 0.15) is 12.4 Å². The number of carbonyl (C=O) groups is 2. The van der Waals surface area contributed by atoms with E-state index < -0.39 is 5.97 Å². The SMILES string of the molecule is O=C(O)c1ccc2c(c1)CN(C(=O)c1cccc(OCC3CCCO3)c1)CC2. The van der Waals surface area contributed by atoms with Crippen LogP contribution in [-0.4, -0.2) is 47.7 Å². The molecule has 6 heteroatoms. The molecule has 2 heterocycles. The van der Waals surface area contributed by atoms with E-state index in [2.05, 4.69) is 0 Å². The molecule has 4 rings (SSSR count). The van der Waals surface area contributed by atoms with Gasteiger partial charge in [-0.2, -0.15) is 0 Å². The summed E-state index contributed by atoms with van der Waals surface area (Å²) in [6.07, 6.45) is 2.91. The maximum Gasteiger partial charge on any atom is 0.335 e. The first-order chi connectivity index (χ1) is 13.6. The minimum Gasteiger partial charge on any atom is -0.491 e. The number of rotatable bonds is 5. The molecular weight excluding hydrogens is 358 g/mol. The summed E-state index contributed by atoms with van der Waals surface area (Å²) >= 11 is 0. The Hall–Kier alpha value is -2.86. The highest BCUT2D eigenvalue weighted by atomic mass is 16.5. The standard InChI is InChI=1S/C22H23NO5/c24-21(16-3-1-4-19(12-16)28-14-20-5-2-10-27-20)23-9-8-15-6-7-17(22(25)26)11-18(15)13-23/h1,3-4,6-7,11-12,20H,2,5,8-10,13-14H2,(H,25,26). The largest absolute Gasteiger partial charge is 0.491 e. The van der Waals surface area contributed by atoms with Crippen molar-refractivity contribution < 1.29 is 24.2 Å². The second kappa shape index (κ2) is 8.02. The molecule has 1 N–H and O–H groups in total. The number of aromatic carboxylic acids is 1. The predicted molar refractivity (Wildman–Crippen MR) is 103 cm³/mol. The van der Waals surface area contributed by atoms with Gasteiger partial charge in [-0.3, -0.25) is 4.79 Å². The van der Waals surface area contributed by atoms with Gasteiger partial charge in [-0.05, 0) is 60.7 Å². The Morgan fingerprint density at radius 1 is 1.14 bits per heavy atom. The van der Waals surface area contributed by atoms with Crippen LogP contribution in [0.5, 0.6) is 5.75 Å². The molecule has 0 aromatic heterocycles. The van der Waals surface area contributed by atoms with Crippen LogP contribution >= 0.6 is 0 Å². The lowest BCUT2D eigenvalue weighted by atomic mass is 9.97. The van der Waals surface area contributed by atoms with Crippen molar-refractivity contribution in [3.05, 3.63) is 64.7 Å². The molecule has 1 fully saturated rings. The van der Waals surface area contributed by atoms with Gasteiger partial charge in [0.25, 0.3) is 5.91 Å². The van der Waals surface area contributed by atoms with Crippen LogP contribution in [0, 0.1) is 0 Å². The molecule has 2 aromatic carbocycles. The summed E-state index contributed by atoms with van der Waals surface area (Å²) in [7, 11) is 0. The Balaban J connectivity index is 1.45. The molecule has 0 aliphatic carbocycles. The van der Waals surface area contributed by atoms with E-state index in [1.165, 1.54) is 0 Å². The van der Waals surface area contributed by atoms with E-state index in [4.69, 9.17) is 9.47 Å². The van der Waals surface area contributed by atoms with E-state index in [0.717, 1.165) is 37.0 Å². The van der Waals surface area contributed by atoms with E-state index in [9.17, 15) is 14.7 Å². The monoisotopic (exact) mass is 381 g/mol. The average molecular weight is 381 g/mol. The van der Waals surface area contributed by atoms with Gasteiger partial charge in [0.05, 0.1) is 11.7 Å². The van der Waals surface area contributed by atoms with Crippen molar-refractivity contribution >= 4 is 11.9 Å². The van der Waals surface area contributed by atoms with Gasteiger partial charge in [0.2, 0.25) is 0 Å². The highest BCUT2D eigenvalue weighted by molar-refractivity contribution is 5.95. The fraction of sp³-hybridized carbons (Fsp3) is 0.364. The van der Waals surface area contributed by atoms with Crippen LogP contribution in [0.2, 0.25) is 0 Å². The van der Waals surface area contributed by atoms with Crippen molar-refractivity contribution in [2.45, 2.75) is 31.9 Å². The minimum atomic E-state index is -0.956. The highest BCUT2D eigenvalue weighted by Crippen LogP contribution is 2.23. The molecule has 6 nitrogen and oxygen atoms in total. The summed E-state index contributed by atoms with van der Waals surface area (Å²) < 4.78 is 11.4. The summed E-state index contributed by atoms with van der Waals surface area (Å²) in [5.74, 6) is -0.372. The molecule has 0 radical (unpaired) electrons. The van der Waals surface area contributed by atoms with Crippen LogP contribution in [0.15, 0.2) is 42.5 Å². The maximum atomic E-state index is 13.0. The molecule has 0 spiro atoms. The molecular formula is C22H23NO5. The van der Waals surface area contributed by atoms with Crippen LogP contribution in [-0.2, 0) is 17.7 Å². The summed E-state index contributed by atoms with van der Waals surface area (Å²) in [5, 5.41) is 9.20. The molecule has 2 aliphatic heterocycles. The van der Waals surface area contributed by atoms with E-state index in [1.807, 2.05) is 18.2 Å². The molecule has 0 bridgehead atoms. The van der Waals surface area contributed by atoms with Crippen molar-refractivity contribution in [2.24, 2.45) is 0 Å². The first-order valence-corrected chi connectivity index (χ1v) is 9.59. The van der Waals surface area contributed by atoms with Crippen molar-refractivity contribution in [1.82, 2.24) is 4.90 Å². The second-order valence-corrected chi connectivity index (χ2v) is 7.24. The molecule has 2 aromatic rings. The summed E-state index contributed by atoms with van der Waals surface area (Å²) in [6, 6.07) is 12.3. The van der Waals surface area contributed by atoms with Crippen molar-refractivity contribution in [3.63, 3.8) is 0 Å². The second-order valence-electron chi connectivity index (χ2n) is 7.24. The first kappa shape index (κ1) is 18.5. The number of carbonyl (C=O) groups excluding carboxylic acids is 1. The van der Waals surface area contributed by atoms with E-state index in [1.54, 1.807) is 29.2 Å². The number of fused-ring (bicyclic) bond motifs is 1. The normalized spacial score (nSPS) is 18.6. The minimum absolute atomic E-state index is 0.0751. The topological polar surface area (TPSA) is 76.1 Å². The van der Waals surface area contributed by atoms with Crippen LogP contribution in [0.25, 0.3) is 0 Å². The number of carboxylic acids is 1. The Kier molecular flexibility index (Phi) is 5.30. The lowest BCUT2D eigenvalue weighted by Crippen LogP contribution is -2.36. The number of amides is 1. The number of hydrogen-bond acceptors (Lipinski definition) is 4. The third kappa shape index (κ3) is 4.02. The average Bonchev–Trinajstić information content (AvgIpc) is 3.24. The van der Waals surface area contributed by atoms with Crippen LogP contribution in [0.4, 0.5) is 0 Å². The van der Waals surface area contributed by atoms with E-state index in [0.29, 0.717) is 31.0 Å². The molecule has 0 saturated carbocycles. The van der Waals surface area contributed by atoms with E-state index >= 15 is 0 Å². The molecule has 146 valence electrons. The molecule has 28 heavy (non-hydrogen) atoms. The summed E-state index contributed by atoms with van der Waals surface area (Å²) in [4.78, 5) is 25.9. The number of hydrogen-bond donors (Lipinski definition) is 1. The number of ether oxygens (including phenoxy) is 2. The van der Waals surface area contributed by atoms with Gasteiger partial charge in [-0.15, -0.1) is 0 Å². The van der Waals surface area contributed by atoms with Gasteiger partial charge in [-0.1, -0.05) is 12.1 Å². The molecule has 1 saturated heterocycles. The zero-order valence-electron chi connectivity index (χ0n) is 15.6. The maximum absolute atomic E-state index is 13.0. The smallest absolute Gasteiger partial charge is 0.335 e. The van der Waals surface area contributed by atoms with Crippen LogP contribution in [0.3, 0.4) is 0 Å². The van der Waals surface area contributed by atoms with Crippen molar-refractivity contribution in [3.8, 4) is 5.75 Å². The Morgan fingerprint density at radius 2 is 2.04 bits per heavy atom. The zero-order valence-corrected chi connectivity index (χ0v) is 15.6. The number of carboxylic acid groups (broad SMARTS) is 1. The fourth-order valence-corrected chi connectivity index (χ4v) is 3.73. The third-order valence-electron chi connectivity index (χ3n) is 5.29. The predicted octanol–water partition coefficient (Wildman–Crippen LogP) is 3.14. The number of nitrogens with zero attached hydrogens (tertiary/aromatic N) is 1. The van der Waals surface area contributed by atoms with Gasteiger partial charge in [0.15, 0.2) is 0 Å². The molecule has 2 aliphatic rings. The molecule has 1 atom stereocenters. The van der Waals surface area contributed by atoms with Crippen LogP contribution in [0.1, 0.15) is 44.7 Å². The van der Waals surface area contributed by atoms with Gasteiger partial charge < -0.3 is 19.5 Å². The van der Waals surface area contributed by atoms with Gasteiger partial charge in [-0.25, -0.2) is 4.79 Å². The van der Waals surface area contributed by atoms with Gasteiger partial charge >= 0.3 is 5.97 Å². The van der Waals surface area contributed by atoms with Gasteiger partial charge in [0, 0.05) is 25.3 Å². The fourth-order valence-electron chi connectivity index (χ4n) is 3.73. The van der Waals surface area contributed by atoms with Crippen molar-refractivity contribution in [2.75, 3.05) is 19.8 Å². The molecule has 1 unspecified atom stereocenters. The Morgan fingerprint density at radius 3 is 2.82 bits per heavy atom. The summed E-state index contributed by atoms with van der Waals surface area (Å²) in [6.45, 7) is 2.30. The Bertz CT molecular complexity index is 888.